The van der Waals surface area contributed by atoms with Crippen molar-refractivity contribution >= 4 is 0 Å². The number of aromatic nitrogens is 2. The first-order valence-corrected chi connectivity index (χ1v) is 5.45. The van der Waals surface area contributed by atoms with Gasteiger partial charge in [-0.3, -0.25) is 4.68 Å². The van der Waals surface area contributed by atoms with Gasteiger partial charge in [0.05, 0.1) is 25.1 Å². The van der Waals surface area contributed by atoms with Gasteiger partial charge in [0.1, 0.15) is 0 Å². The number of hydrogen-bond acceptors (Lipinski definition) is 3. The van der Waals surface area contributed by atoms with Gasteiger partial charge in [-0.15, -0.1) is 0 Å². The molecule has 1 aromatic heterocycles. The second kappa shape index (κ2) is 4.23. The zero-order valence-electron chi connectivity index (χ0n) is 9.31. The number of rotatable bonds is 5. The Morgan fingerprint density at radius 2 is 2.40 bits per heavy atom. The molecule has 0 bridgehead atoms. The van der Waals surface area contributed by atoms with Crippen molar-refractivity contribution in [2.24, 2.45) is 13.0 Å². The molecule has 1 aliphatic rings. The normalized spacial score (nSPS) is 17.8. The minimum absolute atomic E-state index is 0.149. The minimum Gasteiger partial charge on any atom is -0.493 e. The smallest absolute Gasteiger partial charge is 0.159 e. The Morgan fingerprint density at radius 1 is 1.67 bits per heavy atom. The highest BCUT2D eigenvalue weighted by Crippen LogP contribution is 2.34. The Hall–Kier alpha value is -1.03. The first-order valence-electron chi connectivity index (χ1n) is 5.45. The second-order valence-electron chi connectivity index (χ2n) is 4.23. The summed E-state index contributed by atoms with van der Waals surface area (Å²) >= 11 is 0. The SMILES string of the molecule is COc1cnn(C)c1CCC(O)C1CC1. The first-order chi connectivity index (χ1) is 7.22. The molecule has 1 aliphatic carbocycles. The average molecular weight is 210 g/mol. The number of aryl methyl sites for hydroxylation is 1. The van der Waals surface area contributed by atoms with Crippen LogP contribution in [0.1, 0.15) is 25.0 Å². The fourth-order valence-corrected chi connectivity index (χ4v) is 1.90. The van der Waals surface area contributed by atoms with Crippen LogP contribution in [-0.4, -0.2) is 28.1 Å². The van der Waals surface area contributed by atoms with Crippen LogP contribution in [-0.2, 0) is 13.5 Å². The molecule has 1 fully saturated rings. The molecule has 0 aromatic carbocycles. The van der Waals surface area contributed by atoms with Crippen LogP contribution in [0.5, 0.6) is 5.75 Å². The third-order valence-corrected chi connectivity index (χ3v) is 3.09. The molecule has 84 valence electrons. The van der Waals surface area contributed by atoms with Crippen molar-refractivity contribution in [3.63, 3.8) is 0 Å². The molecule has 1 aromatic rings. The van der Waals surface area contributed by atoms with Crippen molar-refractivity contribution in [2.75, 3.05) is 7.11 Å². The van der Waals surface area contributed by atoms with Crippen LogP contribution in [0.2, 0.25) is 0 Å². The van der Waals surface area contributed by atoms with Crippen LogP contribution in [0, 0.1) is 5.92 Å². The van der Waals surface area contributed by atoms with E-state index in [4.69, 9.17) is 4.74 Å². The van der Waals surface area contributed by atoms with Crippen LogP contribution >= 0.6 is 0 Å². The Kier molecular flexibility index (Phi) is 2.95. The molecule has 15 heavy (non-hydrogen) atoms. The van der Waals surface area contributed by atoms with E-state index in [0.29, 0.717) is 5.92 Å². The Balaban J connectivity index is 1.93. The number of nitrogens with zero attached hydrogens (tertiary/aromatic N) is 2. The predicted octanol–water partition coefficient (Wildman–Crippen LogP) is 1.13. The predicted molar refractivity (Wildman–Crippen MR) is 56.8 cm³/mol. The van der Waals surface area contributed by atoms with Gasteiger partial charge in [0, 0.05) is 7.05 Å². The lowest BCUT2D eigenvalue weighted by Gasteiger charge is -2.09. The van der Waals surface area contributed by atoms with E-state index in [1.54, 1.807) is 13.3 Å². The molecule has 1 N–H and O–H groups in total. The summed E-state index contributed by atoms with van der Waals surface area (Å²) in [6, 6.07) is 0. The maximum atomic E-state index is 9.77. The highest BCUT2D eigenvalue weighted by atomic mass is 16.5. The van der Waals surface area contributed by atoms with E-state index in [0.717, 1.165) is 24.3 Å². The van der Waals surface area contributed by atoms with Crippen molar-refractivity contribution in [3.05, 3.63) is 11.9 Å². The van der Waals surface area contributed by atoms with Crippen molar-refractivity contribution in [1.29, 1.82) is 0 Å². The van der Waals surface area contributed by atoms with E-state index in [-0.39, 0.29) is 6.10 Å². The van der Waals surface area contributed by atoms with Crippen LogP contribution in [0.3, 0.4) is 0 Å². The lowest BCUT2D eigenvalue weighted by atomic mass is 10.1. The number of aliphatic hydroxyl groups is 1. The minimum atomic E-state index is -0.149. The number of methoxy groups -OCH3 is 1. The summed E-state index contributed by atoms with van der Waals surface area (Å²) in [6.07, 6.45) is 5.58. The molecule has 1 heterocycles. The number of ether oxygens (including phenoxy) is 1. The first kappa shape index (κ1) is 10.5. The van der Waals surface area contributed by atoms with Crippen LogP contribution in [0.4, 0.5) is 0 Å². The maximum absolute atomic E-state index is 9.77. The van der Waals surface area contributed by atoms with E-state index in [2.05, 4.69) is 5.10 Å². The molecule has 0 amide bonds. The van der Waals surface area contributed by atoms with Crippen molar-refractivity contribution < 1.29 is 9.84 Å². The topological polar surface area (TPSA) is 47.3 Å². The van der Waals surface area contributed by atoms with Gasteiger partial charge in [0.2, 0.25) is 0 Å². The zero-order valence-corrected chi connectivity index (χ0v) is 9.31. The highest BCUT2D eigenvalue weighted by Gasteiger charge is 2.29. The molecule has 0 aliphatic heterocycles. The lowest BCUT2D eigenvalue weighted by Crippen LogP contribution is -2.12. The fourth-order valence-electron chi connectivity index (χ4n) is 1.90. The summed E-state index contributed by atoms with van der Waals surface area (Å²) in [5.41, 5.74) is 1.07. The fraction of sp³-hybridized carbons (Fsp3) is 0.727. The summed E-state index contributed by atoms with van der Waals surface area (Å²) in [7, 11) is 3.55. The van der Waals surface area contributed by atoms with E-state index in [9.17, 15) is 5.11 Å². The average Bonchev–Trinajstić information content (AvgIpc) is 3.01. The summed E-state index contributed by atoms with van der Waals surface area (Å²) in [5, 5.41) is 13.9. The molecule has 4 nitrogen and oxygen atoms in total. The molecular weight excluding hydrogens is 192 g/mol. The molecule has 1 saturated carbocycles. The van der Waals surface area contributed by atoms with Gasteiger partial charge in [0.25, 0.3) is 0 Å². The Labute approximate surface area is 89.9 Å². The summed E-state index contributed by atoms with van der Waals surface area (Å²) in [5.74, 6) is 1.37. The van der Waals surface area contributed by atoms with E-state index in [1.165, 1.54) is 12.8 Å². The second-order valence-corrected chi connectivity index (χ2v) is 4.23. The monoisotopic (exact) mass is 210 g/mol. The van der Waals surface area contributed by atoms with Crippen molar-refractivity contribution in [3.8, 4) is 5.75 Å². The quantitative estimate of drug-likeness (QED) is 0.792. The van der Waals surface area contributed by atoms with Crippen LogP contribution in [0.15, 0.2) is 6.20 Å². The van der Waals surface area contributed by atoms with E-state index >= 15 is 0 Å². The van der Waals surface area contributed by atoms with E-state index < -0.39 is 0 Å². The molecule has 1 atom stereocenters. The largest absolute Gasteiger partial charge is 0.493 e. The van der Waals surface area contributed by atoms with Crippen LogP contribution < -0.4 is 4.74 Å². The Bertz CT molecular complexity index is 331. The van der Waals surface area contributed by atoms with Crippen molar-refractivity contribution in [1.82, 2.24) is 9.78 Å². The van der Waals surface area contributed by atoms with Crippen molar-refractivity contribution in [2.45, 2.75) is 31.8 Å². The summed E-state index contributed by atoms with van der Waals surface area (Å²) in [4.78, 5) is 0. The molecule has 0 radical (unpaired) electrons. The van der Waals surface area contributed by atoms with Gasteiger partial charge >= 0.3 is 0 Å². The van der Waals surface area contributed by atoms with Gasteiger partial charge in [-0.1, -0.05) is 0 Å². The molecule has 0 spiro atoms. The van der Waals surface area contributed by atoms with Gasteiger partial charge < -0.3 is 9.84 Å². The van der Waals surface area contributed by atoms with Crippen LogP contribution in [0.25, 0.3) is 0 Å². The summed E-state index contributed by atoms with van der Waals surface area (Å²) < 4.78 is 7.03. The summed E-state index contributed by atoms with van der Waals surface area (Å²) in [6.45, 7) is 0. The molecule has 2 rings (SSSR count). The third-order valence-electron chi connectivity index (χ3n) is 3.09. The number of hydrogen-bond donors (Lipinski definition) is 1. The molecule has 1 unspecified atom stereocenters. The zero-order chi connectivity index (χ0) is 10.8. The molecule has 0 saturated heterocycles. The van der Waals surface area contributed by atoms with Gasteiger partial charge in [-0.05, 0) is 31.6 Å². The van der Waals surface area contributed by atoms with Gasteiger partial charge in [-0.25, -0.2) is 0 Å². The standard InChI is InChI=1S/C11H18N2O2/c1-13-9(11(15-2)7-12-13)5-6-10(14)8-3-4-8/h7-8,10,14H,3-6H2,1-2H3. The lowest BCUT2D eigenvalue weighted by molar-refractivity contribution is 0.141. The van der Waals surface area contributed by atoms with Gasteiger partial charge in [0.15, 0.2) is 5.75 Å². The van der Waals surface area contributed by atoms with E-state index in [1.807, 2.05) is 11.7 Å². The number of aliphatic hydroxyl groups excluding tert-OH is 1. The van der Waals surface area contributed by atoms with Gasteiger partial charge in [-0.2, -0.15) is 5.10 Å². The molecular formula is C11H18N2O2. The third kappa shape index (κ3) is 2.31. The maximum Gasteiger partial charge on any atom is 0.159 e. The Morgan fingerprint density at radius 3 is 3.00 bits per heavy atom. The molecule has 4 heteroatoms. The highest BCUT2D eigenvalue weighted by molar-refractivity contribution is 5.25.